The van der Waals surface area contributed by atoms with E-state index in [4.69, 9.17) is 34.8 Å². The second-order valence-electron chi connectivity index (χ2n) is 8.33. The molecule has 4 rings (SSSR count). The van der Waals surface area contributed by atoms with Crippen LogP contribution in [0, 0.1) is 13.8 Å². The van der Waals surface area contributed by atoms with Gasteiger partial charge in [0.1, 0.15) is 6.54 Å². The molecule has 0 fully saturated rings. The van der Waals surface area contributed by atoms with E-state index in [-0.39, 0.29) is 4.90 Å². The fraction of sp³-hybridized carbons (Fsp3) is 0.111. The van der Waals surface area contributed by atoms with E-state index in [9.17, 15) is 13.2 Å². The average molecular weight is 590 g/mol. The van der Waals surface area contributed by atoms with Crippen LogP contribution in [-0.2, 0) is 14.8 Å². The Balaban J connectivity index is 1.55. The van der Waals surface area contributed by atoms with Crippen molar-refractivity contribution in [3.05, 3.63) is 111 Å². The number of carbonyl (C=O) groups excluding carboxylic acids is 1. The molecule has 0 spiro atoms. The summed E-state index contributed by atoms with van der Waals surface area (Å²) >= 11 is 18.5. The molecule has 0 saturated heterocycles. The first-order valence-corrected chi connectivity index (χ1v) is 14.0. The minimum absolute atomic E-state index is 0.00849. The highest BCUT2D eigenvalue weighted by molar-refractivity contribution is 7.92. The summed E-state index contributed by atoms with van der Waals surface area (Å²) in [7, 11) is -4.06. The van der Waals surface area contributed by atoms with E-state index in [1.807, 2.05) is 36.6 Å². The summed E-state index contributed by atoms with van der Waals surface area (Å²) in [6.07, 6.45) is 1.50. The van der Waals surface area contributed by atoms with E-state index in [1.165, 1.54) is 30.5 Å². The number of rotatable bonds is 8. The summed E-state index contributed by atoms with van der Waals surface area (Å²) in [5, 5.41) is 5.34. The molecule has 1 N–H and O–H groups in total. The van der Waals surface area contributed by atoms with Gasteiger partial charge in [0.05, 0.1) is 32.5 Å². The second kappa shape index (κ2) is 11.6. The van der Waals surface area contributed by atoms with Crippen LogP contribution in [-0.4, -0.2) is 31.7 Å². The van der Waals surface area contributed by atoms with Gasteiger partial charge in [0.2, 0.25) is 0 Å². The molecule has 1 amide bonds. The second-order valence-corrected chi connectivity index (χ2v) is 11.4. The Labute approximate surface area is 236 Å². The molecule has 0 radical (unpaired) electrons. The lowest BCUT2D eigenvalue weighted by Gasteiger charge is -2.23. The standard InChI is InChI=1S/C27H23Cl3N4O3S/c1-18-15-20(19(2)34(18)25-10-6-9-24(29)27(25)30)16-31-32-26(35)17-33(22-7-4-3-5-8-22)38(36,37)23-13-11-21(28)12-14-23/h3-16H,17H2,1-2H3,(H,32,35)/b31-16-. The molecular weight excluding hydrogens is 567 g/mol. The summed E-state index contributed by atoms with van der Waals surface area (Å²) < 4.78 is 29.7. The fourth-order valence-electron chi connectivity index (χ4n) is 3.94. The molecule has 11 heteroatoms. The molecule has 7 nitrogen and oxygen atoms in total. The van der Waals surface area contributed by atoms with Crippen molar-refractivity contribution in [2.75, 3.05) is 10.8 Å². The molecular formula is C27H23Cl3N4O3S. The molecule has 0 bridgehead atoms. The number of aromatic nitrogens is 1. The van der Waals surface area contributed by atoms with Crippen LogP contribution in [0.3, 0.4) is 0 Å². The molecule has 0 unspecified atom stereocenters. The smallest absolute Gasteiger partial charge is 0.264 e. The van der Waals surface area contributed by atoms with Gasteiger partial charge in [-0.15, -0.1) is 0 Å². The number of nitrogens with zero attached hydrogens (tertiary/aromatic N) is 3. The lowest BCUT2D eigenvalue weighted by molar-refractivity contribution is -0.119. The third kappa shape index (κ3) is 5.89. The van der Waals surface area contributed by atoms with Gasteiger partial charge < -0.3 is 4.57 Å². The van der Waals surface area contributed by atoms with Crippen molar-refractivity contribution in [3.63, 3.8) is 0 Å². The number of sulfonamides is 1. The van der Waals surface area contributed by atoms with Gasteiger partial charge in [-0.1, -0.05) is 59.1 Å². The molecule has 0 aliphatic rings. The monoisotopic (exact) mass is 588 g/mol. The third-order valence-electron chi connectivity index (χ3n) is 5.77. The van der Waals surface area contributed by atoms with Crippen molar-refractivity contribution in [1.82, 2.24) is 9.99 Å². The van der Waals surface area contributed by atoms with Crippen LogP contribution in [0.15, 0.2) is 88.9 Å². The van der Waals surface area contributed by atoms with Crippen LogP contribution in [0.2, 0.25) is 15.1 Å². The zero-order valence-electron chi connectivity index (χ0n) is 20.4. The van der Waals surface area contributed by atoms with Gasteiger partial charge in [-0.05, 0) is 68.4 Å². The number of benzene rings is 3. The van der Waals surface area contributed by atoms with Crippen LogP contribution in [0.25, 0.3) is 5.69 Å². The normalized spacial score (nSPS) is 11.6. The molecule has 38 heavy (non-hydrogen) atoms. The number of hydrogen-bond donors (Lipinski definition) is 1. The summed E-state index contributed by atoms with van der Waals surface area (Å²) in [5.41, 5.74) is 5.96. The van der Waals surface area contributed by atoms with Crippen molar-refractivity contribution < 1.29 is 13.2 Å². The Morgan fingerprint density at radius 1 is 0.974 bits per heavy atom. The number of aryl methyl sites for hydroxylation is 1. The Hall–Kier alpha value is -3.30. The quantitative estimate of drug-likeness (QED) is 0.191. The molecule has 196 valence electrons. The largest absolute Gasteiger partial charge is 0.316 e. The lowest BCUT2D eigenvalue weighted by Crippen LogP contribution is -2.39. The Bertz CT molecular complexity index is 1600. The molecule has 3 aromatic carbocycles. The van der Waals surface area contributed by atoms with Crippen LogP contribution in [0.1, 0.15) is 17.0 Å². The van der Waals surface area contributed by atoms with Gasteiger partial charge in [0.25, 0.3) is 15.9 Å². The van der Waals surface area contributed by atoms with Crippen molar-refractivity contribution in [1.29, 1.82) is 0 Å². The zero-order valence-corrected chi connectivity index (χ0v) is 23.5. The number of nitrogens with one attached hydrogen (secondary N) is 1. The Morgan fingerprint density at radius 2 is 1.66 bits per heavy atom. The van der Waals surface area contributed by atoms with Crippen molar-refractivity contribution in [2.45, 2.75) is 18.7 Å². The predicted molar refractivity (Wildman–Crippen MR) is 153 cm³/mol. The third-order valence-corrected chi connectivity index (χ3v) is 8.62. The first-order chi connectivity index (χ1) is 18.1. The van der Waals surface area contributed by atoms with E-state index >= 15 is 0 Å². The average Bonchev–Trinajstić information content (AvgIpc) is 3.17. The van der Waals surface area contributed by atoms with Gasteiger partial charge in [-0.2, -0.15) is 5.10 Å². The van der Waals surface area contributed by atoms with Gasteiger partial charge in [-0.3, -0.25) is 9.10 Å². The van der Waals surface area contributed by atoms with E-state index in [2.05, 4.69) is 10.5 Å². The number of anilines is 1. The van der Waals surface area contributed by atoms with Gasteiger partial charge in [0, 0.05) is 22.0 Å². The fourth-order valence-corrected chi connectivity index (χ4v) is 5.86. The molecule has 0 saturated carbocycles. The highest BCUT2D eigenvalue weighted by atomic mass is 35.5. The number of halogens is 3. The maximum absolute atomic E-state index is 13.4. The number of amides is 1. The highest BCUT2D eigenvalue weighted by Gasteiger charge is 2.27. The van der Waals surface area contributed by atoms with Crippen LogP contribution in [0.5, 0.6) is 0 Å². The van der Waals surface area contributed by atoms with Crippen LogP contribution < -0.4 is 9.73 Å². The molecule has 4 aromatic rings. The SMILES string of the molecule is Cc1cc(/C=N\NC(=O)CN(c2ccccc2)S(=O)(=O)c2ccc(Cl)cc2)c(C)n1-c1cccc(Cl)c1Cl. The van der Waals surface area contributed by atoms with Gasteiger partial charge >= 0.3 is 0 Å². The maximum Gasteiger partial charge on any atom is 0.264 e. The van der Waals surface area contributed by atoms with Crippen molar-refractivity contribution in [3.8, 4) is 5.69 Å². The topological polar surface area (TPSA) is 83.8 Å². The minimum Gasteiger partial charge on any atom is -0.316 e. The minimum atomic E-state index is -4.06. The summed E-state index contributed by atoms with van der Waals surface area (Å²) in [4.78, 5) is 12.8. The Kier molecular flexibility index (Phi) is 8.47. The van der Waals surface area contributed by atoms with Crippen molar-refractivity contribution in [2.24, 2.45) is 5.10 Å². The van der Waals surface area contributed by atoms with E-state index in [1.54, 1.807) is 36.4 Å². The number of hydrazone groups is 1. The number of hydrogen-bond acceptors (Lipinski definition) is 4. The number of para-hydroxylation sites is 1. The Morgan fingerprint density at radius 3 is 2.34 bits per heavy atom. The van der Waals surface area contributed by atoms with E-state index in [0.717, 1.165) is 26.9 Å². The molecule has 0 aliphatic carbocycles. The summed E-state index contributed by atoms with van der Waals surface area (Å²) in [6.45, 7) is 3.33. The molecule has 0 aliphatic heterocycles. The van der Waals surface area contributed by atoms with E-state index in [0.29, 0.717) is 20.8 Å². The first kappa shape index (κ1) is 27.7. The van der Waals surface area contributed by atoms with Gasteiger partial charge in [-0.25, -0.2) is 13.8 Å². The zero-order chi connectivity index (χ0) is 27.4. The lowest BCUT2D eigenvalue weighted by atomic mass is 10.2. The number of carbonyl (C=O) groups is 1. The van der Waals surface area contributed by atoms with Crippen molar-refractivity contribution >= 4 is 62.6 Å². The molecule has 1 heterocycles. The van der Waals surface area contributed by atoms with E-state index < -0.39 is 22.5 Å². The first-order valence-electron chi connectivity index (χ1n) is 11.4. The van der Waals surface area contributed by atoms with Gasteiger partial charge in [0.15, 0.2) is 0 Å². The maximum atomic E-state index is 13.4. The van der Waals surface area contributed by atoms with Crippen LogP contribution >= 0.6 is 34.8 Å². The van der Waals surface area contributed by atoms with Crippen LogP contribution in [0.4, 0.5) is 5.69 Å². The predicted octanol–water partition coefficient (Wildman–Crippen LogP) is 6.40. The highest BCUT2D eigenvalue weighted by Crippen LogP contribution is 2.31. The molecule has 0 atom stereocenters. The summed E-state index contributed by atoms with van der Waals surface area (Å²) in [6, 6.07) is 21.4. The molecule has 1 aromatic heterocycles. The summed E-state index contributed by atoms with van der Waals surface area (Å²) in [5.74, 6) is -0.616.